The predicted octanol–water partition coefficient (Wildman–Crippen LogP) is 6.04. The van der Waals surface area contributed by atoms with Gasteiger partial charge in [-0.05, 0) is 65.6 Å². The fourth-order valence-corrected chi connectivity index (χ4v) is 6.39. The monoisotopic (exact) mass is 447 g/mol. The number of hydrogen-bond donors (Lipinski definition) is 1. The predicted molar refractivity (Wildman–Crippen MR) is 118 cm³/mol. The molecule has 0 amide bonds. The molecule has 2 aromatic carbocycles. The number of aromatic carboxylic acids is 1. The lowest BCUT2D eigenvalue weighted by molar-refractivity contribution is 0.0696. The summed E-state index contributed by atoms with van der Waals surface area (Å²) in [6, 6.07) is 13.0. The molecule has 3 nitrogen and oxygen atoms in total. The van der Waals surface area contributed by atoms with Gasteiger partial charge in [-0.15, -0.1) is 0 Å². The van der Waals surface area contributed by atoms with Crippen LogP contribution in [-0.2, 0) is 0 Å². The number of carboxylic acids is 1. The minimum atomic E-state index is -0.822. The molecular formula is C25H22BrNO2. The normalized spacial score (nSPS) is 30.8. The van der Waals surface area contributed by atoms with Gasteiger partial charge in [0.15, 0.2) is 0 Å². The molecule has 1 N–H and O–H groups in total. The van der Waals surface area contributed by atoms with Gasteiger partial charge in [-0.3, -0.25) is 0 Å². The molecule has 6 rings (SSSR count). The maximum atomic E-state index is 11.9. The minimum absolute atomic E-state index is 0.301. The Morgan fingerprint density at radius 3 is 2.59 bits per heavy atom. The number of allylic oxidation sites excluding steroid dienone is 3. The largest absolute Gasteiger partial charge is 0.478 e. The zero-order chi connectivity index (χ0) is 19.7. The van der Waals surface area contributed by atoms with Crippen LogP contribution in [0, 0.1) is 11.8 Å². The lowest BCUT2D eigenvalue weighted by Gasteiger charge is -2.51. The molecular weight excluding hydrogens is 426 g/mol. The van der Waals surface area contributed by atoms with Crippen LogP contribution in [0.1, 0.15) is 57.8 Å². The molecule has 0 spiro atoms. The van der Waals surface area contributed by atoms with Gasteiger partial charge in [-0.1, -0.05) is 52.4 Å². The highest BCUT2D eigenvalue weighted by molar-refractivity contribution is 9.10. The van der Waals surface area contributed by atoms with E-state index < -0.39 is 5.97 Å². The highest BCUT2D eigenvalue weighted by Crippen LogP contribution is 2.58. The Labute approximate surface area is 178 Å². The van der Waals surface area contributed by atoms with Gasteiger partial charge in [-0.2, -0.15) is 0 Å². The van der Waals surface area contributed by atoms with E-state index in [0.29, 0.717) is 35.3 Å². The zero-order valence-corrected chi connectivity index (χ0v) is 17.5. The molecule has 2 heterocycles. The molecule has 2 aromatic rings. The fourth-order valence-electron chi connectivity index (χ4n) is 6.12. The topological polar surface area (TPSA) is 40.5 Å². The second-order valence-corrected chi connectivity index (χ2v) is 9.67. The zero-order valence-electron chi connectivity index (χ0n) is 16.0. The average Bonchev–Trinajstić information content (AvgIpc) is 3.38. The van der Waals surface area contributed by atoms with Crippen molar-refractivity contribution >= 4 is 27.6 Å². The van der Waals surface area contributed by atoms with E-state index in [1.165, 1.54) is 22.4 Å². The number of benzene rings is 2. The number of carboxylic acid groups (broad SMARTS) is 1. The molecule has 29 heavy (non-hydrogen) atoms. The third kappa shape index (κ3) is 2.51. The Morgan fingerprint density at radius 1 is 1.03 bits per heavy atom. The SMILES string of the molecule is O=C(O)c1cc2c3c(c1)[C@H]1CC=C[C@H]1[C@H](c1ccc(Br)cc1)N3C[C@H]1CC=C[C@H]21. The summed E-state index contributed by atoms with van der Waals surface area (Å²) in [4.78, 5) is 14.5. The second-order valence-electron chi connectivity index (χ2n) is 8.75. The van der Waals surface area contributed by atoms with E-state index in [1.54, 1.807) is 0 Å². The van der Waals surface area contributed by atoms with Crippen LogP contribution in [0.3, 0.4) is 0 Å². The van der Waals surface area contributed by atoms with Crippen LogP contribution in [0.2, 0.25) is 0 Å². The van der Waals surface area contributed by atoms with Crippen molar-refractivity contribution in [1.29, 1.82) is 0 Å². The fraction of sp³-hybridized carbons (Fsp3) is 0.320. The molecule has 4 aliphatic rings. The lowest BCUT2D eigenvalue weighted by Crippen LogP contribution is -2.46. The summed E-state index contributed by atoms with van der Waals surface area (Å²) in [6.45, 7) is 1.03. The summed E-state index contributed by atoms with van der Waals surface area (Å²) in [5, 5.41) is 9.78. The summed E-state index contributed by atoms with van der Waals surface area (Å²) in [5.74, 6) is 0.786. The van der Waals surface area contributed by atoms with Crippen LogP contribution in [0.25, 0.3) is 0 Å². The lowest BCUT2D eigenvalue weighted by atomic mass is 9.70. The van der Waals surface area contributed by atoms with E-state index in [4.69, 9.17) is 0 Å². The summed E-state index contributed by atoms with van der Waals surface area (Å²) in [7, 11) is 0. The van der Waals surface area contributed by atoms with Gasteiger partial charge in [0.05, 0.1) is 11.6 Å². The van der Waals surface area contributed by atoms with Gasteiger partial charge in [0.25, 0.3) is 0 Å². The Hall–Kier alpha value is -2.33. The highest BCUT2D eigenvalue weighted by Gasteiger charge is 2.47. The standard InChI is InChI=1S/C25H22BrNO2/c26-17-9-7-14(8-10-17)23-20-6-2-5-19(20)22-12-16(25(28)29)11-21-18-4-1-3-15(18)13-27(23)24(21)22/h1-2,4,6-12,15,18-20,23H,3,5,13H2,(H,28,29)/t15-,18+,19+,20-,23+/m1/s1. The van der Waals surface area contributed by atoms with Gasteiger partial charge in [0.1, 0.15) is 0 Å². The van der Waals surface area contributed by atoms with E-state index in [0.717, 1.165) is 23.9 Å². The van der Waals surface area contributed by atoms with Crippen LogP contribution in [-0.4, -0.2) is 17.6 Å². The third-order valence-corrected chi connectivity index (χ3v) is 7.84. The number of rotatable bonds is 2. The minimum Gasteiger partial charge on any atom is -0.478 e. The highest BCUT2D eigenvalue weighted by atomic mass is 79.9. The van der Waals surface area contributed by atoms with Gasteiger partial charge >= 0.3 is 5.97 Å². The first kappa shape index (κ1) is 17.5. The van der Waals surface area contributed by atoms with Crippen molar-refractivity contribution in [3.8, 4) is 0 Å². The molecule has 0 fully saturated rings. The second kappa shape index (κ2) is 6.33. The van der Waals surface area contributed by atoms with Crippen molar-refractivity contribution in [2.45, 2.75) is 30.7 Å². The molecule has 0 saturated carbocycles. The summed E-state index contributed by atoms with van der Waals surface area (Å²) >= 11 is 3.57. The number of nitrogens with zero attached hydrogens (tertiary/aromatic N) is 1. The number of anilines is 1. The number of fused-ring (bicyclic) bond motifs is 4. The molecule has 2 aliphatic heterocycles. The number of hydrogen-bond acceptors (Lipinski definition) is 2. The number of carbonyl (C=O) groups is 1. The van der Waals surface area contributed by atoms with Gasteiger partial charge < -0.3 is 10.0 Å². The van der Waals surface area contributed by atoms with Gasteiger partial charge in [0.2, 0.25) is 0 Å². The molecule has 0 radical (unpaired) electrons. The van der Waals surface area contributed by atoms with Crippen molar-refractivity contribution in [2.75, 3.05) is 11.4 Å². The van der Waals surface area contributed by atoms with E-state index in [1.807, 2.05) is 12.1 Å². The summed E-state index contributed by atoms with van der Waals surface area (Å²) in [5.41, 5.74) is 5.55. The van der Waals surface area contributed by atoms with Crippen LogP contribution >= 0.6 is 15.9 Å². The number of halogens is 1. The first-order chi connectivity index (χ1) is 14.1. The van der Waals surface area contributed by atoms with Crippen LogP contribution in [0.5, 0.6) is 0 Å². The van der Waals surface area contributed by atoms with Crippen molar-refractivity contribution in [1.82, 2.24) is 0 Å². The Morgan fingerprint density at radius 2 is 1.79 bits per heavy atom. The van der Waals surface area contributed by atoms with E-state index in [9.17, 15) is 9.90 Å². The molecule has 0 bridgehead atoms. The Balaban J connectivity index is 1.59. The summed E-state index contributed by atoms with van der Waals surface area (Å²) in [6.07, 6.45) is 11.3. The molecule has 0 unspecified atom stereocenters. The molecule has 0 aromatic heterocycles. The first-order valence-corrected chi connectivity index (χ1v) is 11.2. The van der Waals surface area contributed by atoms with Crippen molar-refractivity contribution in [2.24, 2.45) is 11.8 Å². The van der Waals surface area contributed by atoms with Crippen LogP contribution < -0.4 is 4.90 Å². The molecule has 0 saturated heterocycles. The Kier molecular flexibility index (Phi) is 3.83. The quantitative estimate of drug-likeness (QED) is 0.570. The van der Waals surface area contributed by atoms with Crippen molar-refractivity contribution in [3.63, 3.8) is 0 Å². The Bertz CT molecular complexity index is 1070. The summed E-state index contributed by atoms with van der Waals surface area (Å²) < 4.78 is 1.10. The molecule has 4 heteroatoms. The van der Waals surface area contributed by atoms with E-state index in [-0.39, 0.29) is 0 Å². The van der Waals surface area contributed by atoms with E-state index >= 15 is 0 Å². The third-order valence-electron chi connectivity index (χ3n) is 7.31. The van der Waals surface area contributed by atoms with Crippen LogP contribution in [0.15, 0.2) is 65.2 Å². The molecule has 146 valence electrons. The van der Waals surface area contributed by atoms with Gasteiger partial charge in [0, 0.05) is 28.5 Å². The molecule has 2 aliphatic carbocycles. The smallest absolute Gasteiger partial charge is 0.335 e. The van der Waals surface area contributed by atoms with Crippen molar-refractivity contribution in [3.05, 3.63) is 87.4 Å². The molecule has 5 atom stereocenters. The average molecular weight is 448 g/mol. The van der Waals surface area contributed by atoms with E-state index in [2.05, 4.69) is 69.4 Å². The van der Waals surface area contributed by atoms with Crippen molar-refractivity contribution < 1.29 is 9.90 Å². The van der Waals surface area contributed by atoms with Gasteiger partial charge in [-0.25, -0.2) is 4.79 Å². The first-order valence-electron chi connectivity index (χ1n) is 10.4. The van der Waals surface area contributed by atoms with Crippen LogP contribution in [0.4, 0.5) is 5.69 Å². The maximum Gasteiger partial charge on any atom is 0.335 e. The maximum absolute atomic E-state index is 11.9.